The molecule has 1 atom stereocenters. The molecular weight excluding hydrogens is 314 g/mol. The van der Waals surface area contributed by atoms with Crippen LogP contribution in [0, 0.1) is 6.92 Å². The maximum Gasteiger partial charge on any atom is 0.262 e. The van der Waals surface area contributed by atoms with E-state index in [1.165, 1.54) is 11.3 Å². The maximum atomic E-state index is 12.8. The van der Waals surface area contributed by atoms with Crippen LogP contribution in [-0.2, 0) is 13.0 Å². The average molecular weight is 335 g/mol. The van der Waals surface area contributed by atoms with E-state index in [-0.39, 0.29) is 24.1 Å². The number of carbonyl (C=O) groups is 1. The number of carbonyl (C=O) groups excluding carboxylic acids is 1. The number of thiophene rings is 1. The molecule has 3 heterocycles. The predicted molar refractivity (Wildman–Crippen MR) is 90.2 cm³/mol. The zero-order valence-electron chi connectivity index (χ0n) is 13.4. The van der Waals surface area contributed by atoms with Crippen molar-refractivity contribution in [3.05, 3.63) is 26.6 Å². The molecule has 0 aliphatic carbocycles. The van der Waals surface area contributed by atoms with Crippen LogP contribution in [0.25, 0.3) is 10.2 Å². The van der Waals surface area contributed by atoms with Crippen molar-refractivity contribution in [2.75, 3.05) is 6.61 Å². The zero-order chi connectivity index (χ0) is 16.6. The average Bonchev–Trinajstić information content (AvgIpc) is 2.71. The van der Waals surface area contributed by atoms with Gasteiger partial charge in [0.25, 0.3) is 11.5 Å². The summed E-state index contributed by atoms with van der Waals surface area (Å²) in [6.07, 6.45) is 3.96. The fourth-order valence-electron chi connectivity index (χ4n) is 2.96. The Morgan fingerprint density at radius 3 is 2.96 bits per heavy atom. The molecule has 2 aromatic heterocycles. The summed E-state index contributed by atoms with van der Waals surface area (Å²) in [6.45, 7) is 4.11. The van der Waals surface area contributed by atoms with Crippen LogP contribution in [0.4, 0.5) is 0 Å². The Kier molecular flexibility index (Phi) is 4.50. The molecule has 124 valence electrons. The van der Waals surface area contributed by atoms with Gasteiger partial charge in [-0.2, -0.15) is 0 Å². The zero-order valence-corrected chi connectivity index (χ0v) is 14.2. The maximum absolute atomic E-state index is 12.8. The van der Waals surface area contributed by atoms with Crippen molar-refractivity contribution >= 4 is 27.5 Å². The Bertz CT molecular complexity index is 809. The van der Waals surface area contributed by atoms with E-state index >= 15 is 0 Å². The van der Waals surface area contributed by atoms with E-state index < -0.39 is 0 Å². The lowest BCUT2D eigenvalue weighted by atomic mass is 10.2. The van der Waals surface area contributed by atoms with Gasteiger partial charge in [-0.1, -0.05) is 6.42 Å². The van der Waals surface area contributed by atoms with E-state index in [2.05, 4.69) is 10.3 Å². The van der Waals surface area contributed by atoms with Gasteiger partial charge in [0.15, 0.2) is 0 Å². The molecule has 0 saturated carbocycles. The second kappa shape index (κ2) is 6.41. The quantitative estimate of drug-likeness (QED) is 0.892. The summed E-state index contributed by atoms with van der Waals surface area (Å²) >= 11 is 1.26. The van der Waals surface area contributed by atoms with Gasteiger partial charge in [-0.15, -0.1) is 11.3 Å². The second-order valence-electron chi connectivity index (χ2n) is 6.09. The topological polar surface area (TPSA) is 84.2 Å². The van der Waals surface area contributed by atoms with Crippen LogP contribution in [0.5, 0.6) is 0 Å². The lowest BCUT2D eigenvalue weighted by Gasteiger charge is -2.09. The highest BCUT2D eigenvalue weighted by molar-refractivity contribution is 7.20. The minimum Gasteiger partial charge on any atom is -0.394 e. The van der Waals surface area contributed by atoms with E-state index in [0.29, 0.717) is 27.2 Å². The van der Waals surface area contributed by atoms with Crippen molar-refractivity contribution in [2.24, 2.45) is 0 Å². The molecule has 0 fully saturated rings. The number of hydrogen-bond donors (Lipinski definition) is 2. The van der Waals surface area contributed by atoms with E-state index in [0.717, 1.165) is 31.5 Å². The second-order valence-corrected chi connectivity index (χ2v) is 7.09. The molecule has 0 spiro atoms. The number of aryl methyl sites for hydroxylation is 2. The van der Waals surface area contributed by atoms with Crippen LogP contribution < -0.4 is 10.9 Å². The fourth-order valence-corrected chi connectivity index (χ4v) is 4.06. The number of fused-ring (bicyclic) bond motifs is 2. The van der Waals surface area contributed by atoms with Crippen LogP contribution in [-0.4, -0.2) is 33.2 Å². The number of rotatable bonds is 3. The van der Waals surface area contributed by atoms with Crippen LogP contribution in [0.3, 0.4) is 0 Å². The van der Waals surface area contributed by atoms with E-state index in [4.69, 9.17) is 5.11 Å². The first kappa shape index (κ1) is 16.1. The summed E-state index contributed by atoms with van der Waals surface area (Å²) in [5.41, 5.74) is 0.652. The first-order valence-electron chi connectivity index (χ1n) is 7.97. The third-order valence-corrected chi connectivity index (χ3v) is 5.45. The molecule has 1 unspecified atom stereocenters. The molecule has 3 rings (SSSR count). The monoisotopic (exact) mass is 335 g/mol. The van der Waals surface area contributed by atoms with Gasteiger partial charge in [0.2, 0.25) is 0 Å². The molecule has 0 aromatic carbocycles. The molecule has 23 heavy (non-hydrogen) atoms. The minimum atomic E-state index is -0.321. The molecule has 2 aromatic rings. The Morgan fingerprint density at radius 2 is 2.22 bits per heavy atom. The highest BCUT2D eigenvalue weighted by atomic mass is 32.1. The van der Waals surface area contributed by atoms with Crippen LogP contribution in [0.2, 0.25) is 0 Å². The highest BCUT2D eigenvalue weighted by Crippen LogP contribution is 2.28. The van der Waals surface area contributed by atoms with Crippen molar-refractivity contribution in [1.82, 2.24) is 14.9 Å². The molecule has 2 N–H and O–H groups in total. The first-order chi connectivity index (χ1) is 11.0. The van der Waals surface area contributed by atoms with Gasteiger partial charge >= 0.3 is 0 Å². The van der Waals surface area contributed by atoms with Crippen LogP contribution in [0.1, 0.15) is 47.2 Å². The number of aromatic nitrogens is 2. The summed E-state index contributed by atoms with van der Waals surface area (Å²) in [5.74, 6) is 0.573. The van der Waals surface area contributed by atoms with Gasteiger partial charge in [-0.05, 0) is 32.3 Å². The molecule has 0 radical (unpaired) electrons. The summed E-state index contributed by atoms with van der Waals surface area (Å²) in [6, 6.07) is -0.321. The van der Waals surface area contributed by atoms with Gasteiger partial charge in [-0.25, -0.2) is 4.98 Å². The lowest BCUT2D eigenvalue weighted by molar-refractivity contribution is 0.0926. The van der Waals surface area contributed by atoms with Crippen LogP contribution >= 0.6 is 11.3 Å². The predicted octanol–water partition coefficient (Wildman–Crippen LogP) is 1.60. The molecule has 1 aliphatic rings. The third-order valence-electron chi connectivity index (χ3n) is 4.27. The van der Waals surface area contributed by atoms with Crippen molar-refractivity contribution in [1.29, 1.82) is 0 Å². The largest absolute Gasteiger partial charge is 0.394 e. The van der Waals surface area contributed by atoms with Crippen molar-refractivity contribution in [3.8, 4) is 0 Å². The van der Waals surface area contributed by atoms with E-state index in [1.807, 2.05) is 0 Å². The summed E-state index contributed by atoms with van der Waals surface area (Å²) < 4.78 is 1.77. The van der Waals surface area contributed by atoms with Gasteiger partial charge in [0.1, 0.15) is 10.7 Å². The van der Waals surface area contributed by atoms with E-state index in [9.17, 15) is 9.59 Å². The molecule has 0 bridgehead atoms. The van der Waals surface area contributed by atoms with E-state index in [1.54, 1.807) is 18.4 Å². The standard InChI is InChI=1S/C16H21N3O3S/c1-9(8-20)17-14(21)13-10(2)12-15(23-13)18-11-6-4-3-5-7-19(11)16(12)22/h9,20H,3-8H2,1-2H3,(H,17,21). The van der Waals surface area contributed by atoms with Gasteiger partial charge in [0.05, 0.1) is 16.9 Å². The fraction of sp³-hybridized carbons (Fsp3) is 0.562. The number of aliphatic hydroxyl groups is 1. The molecule has 1 amide bonds. The molecular formula is C16H21N3O3S. The lowest BCUT2D eigenvalue weighted by Crippen LogP contribution is -2.34. The smallest absolute Gasteiger partial charge is 0.262 e. The Labute approximate surface area is 138 Å². The van der Waals surface area contributed by atoms with Crippen molar-refractivity contribution in [3.63, 3.8) is 0 Å². The summed E-state index contributed by atoms with van der Waals surface area (Å²) in [4.78, 5) is 31.0. The Hall–Kier alpha value is -1.73. The third kappa shape index (κ3) is 2.90. The molecule has 6 nitrogen and oxygen atoms in total. The molecule has 0 saturated heterocycles. The number of nitrogens with one attached hydrogen (secondary N) is 1. The number of aliphatic hydroxyl groups excluding tert-OH is 1. The normalized spacial score (nSPS) is 16.0. The SMILES string of the molecule is Cc1c(C(=O)NC(C)CO)sc2nc3n(c(=O)c12)CCCCC3. The molecule has 1 aliphatic heterocycles. The Balaban J connectivity index is 2.10. The first-order valence-corrected chi connectivity index (χ1v) is 8.79. The van der Waals surface area contributed by atoms with Crippen LogP contribution in [0.15, 0.2) is 4.79 Å². The highest BCUT2D eigenvalue weighted by Gasteiger charge is 2.22. The van der Waals surface area contributed by atoms with Crippen molar-refractivity contribution < 1.29 is 9.90 Å². The number of amides is 1. The summed E-state index contributed by atoms with van der Waals surface area (Å²) in [7, 11) is 0. The van der Waals surface area contributed by atoms with Gasteiger partial charge < -0.3 is 10.4 Å². The molecule has 7 heteroatoms. The number of nitrogens with zero attached hydrogens (tertiary/aromatic N) is 2. The van der Waals surface area contributed by atoms with Gasteiger partial charge in [0, 0.05) is 19.0 Å². The number of hydrogen-bond acceptors (Lipinski definition) is 5. The van der Waals surface area contributed by atoms with Crippen molar-refractivity contribution in [2.45, 2.75) is 52.1 Å². The minimum absolute atomic E-state index is 0.0325. The summed E-state index contributed by atoms with van der Waals surface area (Å²) in [5, 5.41) is 12.4. The van der Waals surface area contributed by atoms with Gasteiger partial charge in [-0.3, -0.25) is 14.2 Å². The Morgan fingerprint density at radius 1 is 1.43 bits per heavy atom.